The van der Waals surface area contributed by atoms with Gasteiger partial charge in [0.05, 0.1) is 13.2 Å². The van der Waals surface area contributed by atoms with E-state index in [0.717, 1.165) is 64.7 Å². The molecule has 0 spiro atoms. The van der Waals surface area contributed by atoms with E-state index < -0.39 is 0 Å². The highest BCUT2D eigenvalue weighted by Gasteiger charge is 2.23. The molecule has 25 heavy (non-hydrogen) atoms. The molecule has 3 rings (SSSR count). The van der Waals surface area contributed by atoms with Gasteiger partial charge in [0.15, 0.2) is 0 Å². The quantitative estimate of drug-likeness (QED) is 0.868. The number of carbonyl (C=O) groups is 1. The van der Waals surface area contributed by atoms with Gasteiger partial charge in [0, 0.05) is 45.3 Å². The van der Waals surface area contributed by atoms with Gasteiger partial charge in [-0.3, -0.25) is 9.69 Å². The van der Waals surface area contributed by atoms with Crippen molar-refractivity contribution in [3.05, 3.63) is 17.6 Å². The number of ether oxygens (including phenoxy) is 1. The number of morpholine rings is 1. The van der Waals surface area contributed by atoms with Crippen LogP contribution in [0.25, 0.3) is 0 Å². The van der Waals surface area contributed by atoms with E-state index in [-0.39, 0.29) is 5.91 Å². The summed E-state index contributed by atoms with van der Waals surface area (Å²) >= 11 is 0. The van der Waals surface area contributed by atoms with Crippen molar-refractivity contribution in [1.82, 2.24) is 19.8 Å². The second-order valence-corrected chi connectivity index (χ2v) is 7.06. The van der Waals surface area contributed by atoms with Crippen LogP contribution in [0.1, 0.15) is 36.1 Å². The van der Waals surface area contributed by atoms with E-state index in [1.807, 2.05) is 11.8 Å². The standard InChI is InChI=1S/C18H29N5O2/c1-14-4-3-6-23(13-14)18(24)16-12-17(21-15(2)20-16)19-5-7-22-8-10-25-11-9-22/h12,14H,3-11,13H2,1-2H3,(H,19,20,21). The Morgan fingerprint density at radius 2 is 2.12 bits per heavy atom. The summed E-state index contributed by atoms with van der Waals surface area (Å²) in [5.74, 6) is 1.94. The first-order valence-electron chi connectivity index (χ1n) is 9.31. The molecule has 0 radical (unpaired) electrons. The zero-order chi connectivity index (χ0) is 17.6. The van der Waals surface area contributed by atoms with Gasteiger partial charge < -0.3 is 15.0 Å². The van der Waals surface area contributed by atoms with E-state index in [0.29, 0.717) is 17.4 Å². The van der Waals surface area contributed by atoms with Gasteiger partial charge in [-0.2, -0.15) is 0 Å². The van der Waals surface area contributed by atoms with Gasteiger partial charge in [-0.05, 0) is 25.7 Å². The third-order valence-corrected chi connectivity index (χ3v) is 4.84. The van der Waals surface area contributed by atoms with Crippen LogP contribution in [0.2, 0.25) is 0 Å². The van der Waals surface area contributed by atoms with Crippen molar-refractivity contribution in [1.29, 1.82) is 0 Å². The highest BCUT2D eigenvalue weighted by atomic mass is 16.5. The first-order valence-corrected chi connectivity index (χ1v) is 9.31. The predicted molar refractivity (Wildman–Crippen MR) is 96.8 cm³/mol. The van der Waals surface area contributed by atoms with Gasteiger partial charge in [-0.15, -0.1) is 0 Å². The fraction of sp³-hybridized carbons (Fsp3) is 0.722. The molecule has 0 aromatic carbocycles. The summed E-state index contributed by atoms with van der Waals surface area (Å²) in [6.07, 6.45) is 2.27. The van der Waals surface area contributed by atoms with Gasteiger partial charge in [0.25, 0.3) is 5.91 Å². The SMILES string of the molecule is Cc1nc(NCCN2CCOCC2)cc(C(=O)N2CCCC(C)C2)n1. The van der Waals surface area contributed by atoms with E-state index in [1.165, 1.54) is 6.42 Å². The molecule has 1 aromatic rings. The molecule has 138 valence electrons. The predicted octanol–water partition coefficient (Wildman–Crippen LogP) is 1.40. The molecule has 2 fully saturated rings. The molecule has 1 atom stereocenters. The van der Waals surface area contributed by atoms with Crippen LogP contribution in [-0.2, 0) is 4.74 Å². The van der Waals surface area contributed by atoms with Gasteiger partial charge in [-0.1, -0.05) is 6.92 Å². The van der Waals surface area contributed by atoms with Crippen LogP contribution in [0.5, 0.6) is 0 Å². The maximum absolute atomic E-state index is 12.8. The van der Waals surface area contributed by atoms with Crippen LogP contribution in [0.3, 0.4) is 0 Å². The second-order valence-electron chi connectivity index (χ2n) is 7.06. The van der Waals surface area contributed by atoms with Crippen molar-refractivity contribution < 1.29 is 9.53 Å². The zero-order valence-electron chi connectivity index (χ0n) is 15.3. The summed E-state index contributed by atoms with van der Waals surface area (Å²) in [5.41, 5.74) is 0.496. The van der Waals surface area contributed by atoms with Crippen molar-refractivity contribution in [3.63, 3.8) is 0 Å². The molecule has 1 N–H and O–H groups in total. The summed E-state index contributed by atoms with van der Waals surface area (Å²) in [5, 5.41) is 3.34. The lowest BCUT2D eigenvalue weighted by Gasteiger charge is -2.30. The Labute approximate surface area is 149 Å². The van der Waals surface area contributed by atoms with Gasteiger partial charge in [-0.25, -0.2) is 9.97 Å². The maximum Gasteiger partial charge on any atom is 0.272 e. The third-order valence-electron chi connectivity index (χ3n) is 4.84. The number of rotatable bonds is 5. The van der Waals surface area contributed by atoms with Gasteiger partial charge in [0.1, 0.15) is 17.3 Å². The van der Waals surface area contributed by atoms with E-state index in [1.54, 1.807) is 6.07 Å². The molecular weight excluding hydrogens is 318 g/mol. The Kier molecular flexibility index (Phi) is 6.20. The van der Waals surface area contributed by atoms with E-state index >= 15 is 0 Å². The number of likely N-dealkylation sites (tertiary alicyclic amines) is 1. The number of hydrogen-bond donors (Lipinski definition) is 1. The summed E-state index contributed by atoms with van der Waals surface area (Å²) in [7, 11) is 0. The molecule has 1 aromatic heterocycles. The van der Waals surface area contributed by atoms with Gasteiger partial charge >= 0.3 is 0 Å². The molecule has 7 heteroatoms. The molecule has 3 heterocycles. The third kappa shape index (κ3) is 5.12. The molecule has 1 amide bonds. The normalized spacial score (nSPS) is 22.0. The van der Waals surface area contributed by atoms with Crippen LogP contribution >= 0.6 is 0 Å². The lowest BCUT2D eigenvalue weighted by Crippen LogP contribution is -2.39. The lowest BCUT2D eigenvalue weighted by molar-refractivity contribution is 0.0398. The first kappa shape index (κ1) is 18.1. The minimum Gasteiger partial charge on any atom is -0.379 e. The van der Waals surface area contributed by atoms with Crippen LogP contribution in [0.4, 0.5) is 5.82 Å². The average molecular weight is 347 g/mol. The number of hydrogen-bond acceptors (Lipinski definition) is 6. The second kappa shape index (κ2) is 8.58. The molecule has 1 unspecified atom stereocenters. The highest BCUT2D eigenvalue weighted by molar-refractivity contribution is 5.93. The minimum absolute atomic E-state index is 0.0216. The maximum atomic E-state index is 12.8. The van der Waals surface area contributed by atoms with Crippen LogP contribution in [-0.4, -0.2) is 78.2 Å². The molecule has 7 nitrogen and oxygen atoms in total. The monoisotopic (exact) mass is 347 g/mol. The molecular formula is C18H29N5O2. The van der Waals surface area contributed by atoms with Crippen LogP contribution < -0.4 is 5.32 Å². The Balaban J connectivity index is 1.58. The molecule has 2 saturated heterocycles. The van der Waals surface area contributed by atoms with Crippen molar-refractivity contribution in [2.24, 2.45) is 5.92 Å². The fourth-order valence-electron chi connectivity index (χ4n) is 3.47. The van der Waals surface area contributed by atoms with Crippen molar-refractivity contribution in [3.8, 4) is 0 Å². The Hall–Kier alpha value is -1.73. The van der Waals surface area contributed by atoms with Crippen molar-refractivity contribution >= 4 is 11.7 Å². The summed E-state index contributed by atoms with van der Waals surface area (Å²) in [6, 6.07) is 1.79. The zero-order valence-corrected chi connectivity index (χ0v) is 15.3. The van der Waals surface area contributed by atoms with Crippen LogP contribution in [0, 0.1) is 12.8 Å². The van der Waals surface area contributed by atoms with Crippen molar-refractivity contribution in [2.75, 3.05) is 57.8 Å². The Morgan fingerprint density at radius 3 is 2.88 bits per heavy atom. The topological polar surface area (TPSA) is 70.6 Å². The molecule has 2 aliphatic heterocycles. The molecule has 0 aliphatic carbocycles. The Bertz CT molecular complexity index is 589. The summed E-state index contributed by atoms with van der Waals surface area (Å²) in [4.78, 5) is 25.8. The molecule has 0 bridgehead atoms. The Morgan fingerprint density at radius 1 is 1.32 bits per heavy atom. The van der Waals surface area contributed by atoms with E-state index in [4.69, 9.17) is 4.74 Å². The number of aryl methyl sites for hydroxylation is 1. The van der Waals surface area contributed by atoms with Gasteiger partial charge in [0.2, 0.25) is 0 Å². The number of piperidine rings is 1. The fourth-order valence-corrected chi connectivity index (χ4v) is 3.47. The molecule has 2 aliphatic rings. The van der Waals surface area contributed by atoms with Crippen molar-refractivity contribution in [2.45, 2.75) is 26.7 Å². The average Bonchev–Trinajstić information content (AvgIpc) is 2.61. The number of carbonyl (C=O) groups excluding carboxylic acids is 1. The lowest BCUT2D eigenvalue weighted by atomic mass is 10.00. The van der Waals surface area contributed by atoms with Crippen LogP contribution in [0.15, 0.2) is 6.07 Å². The smallest absolute Gasteiger partial charge is 0.272 e. The summed E-state index contributed by atoms with van der Waals surface area (Å²) < 4.78 is 5.36. The number of amides is 1. The molecule has 0 saturated carbocycles. The highest BCUT2D eigenvalue weighted by Crippen LogP contribution is 2.18. The minimum atomic E-state index is 0.0216. The van der Waals surface area contributed by atoms with E-state index in [9.17, 15) is 4.79 Å². The number of nitrogens with one attached hydrogen (secondary N) is 1. The number of nitrogens with zero attached hydrogens (tertiary/aromatic N) is 4. The van der Waals surface area contributed by atoms with E-state index in [2.05, 4.69) is 27.1 Å². The number of aromatic nitrogens is 2. The largest absolute Gasteiger partial charge is 0.379 e. The first-order chi connectivity index (χ1) is 12.1. The summed E-state index contributed by atoms with van der Waals surface area (Å²) in [6.45, 7) is 11.0. The number of anilines is 1.